The molecule has 0 unspecified atom stereocenters. The molecule has 92 valence electrons. The van der Waals surface area contributed by atoms with E-state index in [1.165, 1.54) is 32.1 Å². The highest BCUT2D eigenvalue weighted by molar-refractivity contribution is 5.69. The molecule has 0 fully saturated rings. The van der Waals surface area contributed by atoms with Crippen molar-refractivity contribution in [2.24, 2.45) is 0 Å². The molecule has 0 bridgehead atoms. The van der Waals surface area contributed by atoms with Crippen LogP contribution >= 0.6 is 0 Å². The Kier molecular flexibility index (Phi) is 17.8. The van der Waals surface area contributed by atoms with Gasteiger partial charge in [0.05, 0.1) is 6.61 Å². The first kappa shape index (κ1) is 16.8. The van der Waals surface area contributed by atoms with Crippen molar-refractivity contribution in [3.05, 3.63) is 0 Å². The Labute approximate surface area is 93.8 Å². The quantitative estimate of drug-likeness (QED) is 0.503. The fourth-order valence-electron chi connectivity index (χ4n) is 1.28. The van der Waals surface area contributed by atoms with Crippen molar-refractivity contribution < 1.29 is 14.6 Å². The Morgan fingerprint density at radius 1 is 1.00 bits per heavy atom. The second-order valence-electron chi connectivity index (χ2n) is 3.32. The van der Waals surface area contributed by atoms with Crippen molar-refractivity contribution in [3.63, 3.8) is 0 Å². The summed E-state index contributed by atoms with van der Waals surface area (Å²) in [6.07, 6.45) is 7.91. The monoisotopic (exact) mass is 218 g/mol. The number of hydrogen-bond acceptors (Lipinski definition) is 3. The summed E-state index contributed by atoms with van der Waals surface area (Å²) in [5.74, 6) is -0.0435. The molecule has 0 aliphatic heterocycles. The fourth-order valence-corrected chi connectivity index (χ4v) is 1.28. The molecule has 3 heteroatoms. The molecule has 0 aliphatic carbocycles. The smallest absolute Gasteiger partial charge is 0.305 e. The highest BCUT2D eigenvalue weighted by Crippen LogP contribution is 2.07. The van der Waals surface area contributed by atoms with Crippen molar-refractivity contribution in [1.29, 1.82) is 0 Å². The van der Waals surface area contributed by atoms with Gasteiger partial charge < -0.3 is 9.84 Å². The second-order valence-corrected chi connectivity index (χ2v) is 3.32. The van der Waals surface area contributed by atoms with E-state index in [1.807, 2.05) is 6.92 Å². The number of carbonyl (C=O) groups is 1. The number of aliphatic hydroxyl groups excluding tert-OH is 1. The van der Waals surface area contributed by atoms with Gasteiger partial charge in [-0.2, -0.15) is 0 Å². The van der Waals surface area contributed by atoms with Crippen LogP contribution in [0.4, 0.5) is 0 Å². The maximum atomic E-state index is 10.9. The van der Waals surface area contributed by atoms with Gasteiger partial charge in [-0.3, -0.25) is 4.79 Å². The third-order valence-electron chi connectivity index (χ3n) is 2.04. The van der Waals surface area contributed by atoms with Gasteiger partial charge in [0.15, 0.2) is 0 Å². The second kappa shape index (κ2) is 15.9. The number of rotatable bonds is 8. The van der Waals surface area contributed by atoms with E-state index < -0.39 is 0 Å². The maximum absolute atomic E-state index is 10.9. The Hall–Kier alpha value is -0.570. The summed E-state index contributed by atoms with van der Waals surface area (Å²) in [5, 5.41) is 7.00. The molecule has 0 aromatic rings. The Morgan fingerprint density at radius 2 is 1.53 bits per heavy atom. The van der Waals surface area contributed by atoms with Gasteiger partial charge in [-0.15, -0.1) is 0 Å². The number of ether oxygens (including phenoxy) is 1. The Bertz CT molecular complexity index is 124. The number of esters is 1. The predicted molar refractivity (Wildman–Crippen MR) is 62.8 cm³/mol. The van der Waals surface area contributed by atoms with Crippen LogP contribution in [0.3, 0.4) is 0 Å². The van der Waals surface area contributed by atoms with Gasteiger partial charge >= 0.3 is 5.97 Å². The van der Waals surface area contributed by atoms with Crippen molar-refractivity contribution in [2.75, 3.05) is 13.7 Å². The zero-order valence-electron chi connectivity index (χ0n) is 10.4. The van der Waals surface area contributed by atoms with E-state index in [1.54, 1.807) is 0 Å². The van der Waals surface area contributed by atoms with Crippen molar-refractivity contribution >= 4 is 5.97 Å². The van der Waals surface area contributed by atoms with E-state index in [9.17, 15) is 4.79 Å². The molecule has 0 aromatic heterocycles. The molecule has 0 aromatic carbocycles. The minimum atomic E-state index is -0.0435. The lowest BCUT2D eigenvalue weighted by atomic mass is 10.1. The highest BCUT2D eigenvalue weighted by Gasteiger charge is 1.99. The molecule has 0 radical (unpaired) electrons. The van der Waals surface area contributed by atoms with Crippen LogP contribution in [0.2, 0.25) is 0 Å². The van der Waals surface area contributed by atoms with Crippen LogP contribution in [0.25, 0.3) is 0 Å². The molecule has 3 nitrogen and oxygen atoms in total. The maximum Gasteiger partial charge on any atom is 0.305 e. The summed E-state index contributed by atoms with van der Waals surface area (Å²) in [6.45, 7) is 4.56. The van der Waals surface area contributed by atoms with E-state index in [4.69, 9.17) is 9.84 Å². The van der Waals surface area contributed by atoms with Crippen LogP contribution in [0.1, 0.15) is 58.8 Å². The summed E-state index contributed by atoms with van der Waals surface area (Å²) in [4.78, 5) is 10.9. The van der Waals surface area contributed by atoms with Gasteiger partial charge in [0.1, 0.15) is 0 Å². The number of unbranched alkanes of at least 4 members (excludes halogenated alkanes) is 5. The molecule has 15 heavy (non-hydrogen) atoms. The number of aliphatic hydroxyl groups is 1. The summed E-state index contributed by atoms with van der Waals surface area (Å²) < 4.78 is 4.83. The highest BCUT2D eigenvalue weighted by atomic mass is 16.5. The molecule has 0 saturated carbocycles. The van der Waals surface area contributed by atoms with Crippen LogP contribution in [0, 0.1) is 0 Å². The van der Waals surface area contributed by atoms with Gasteiger partial charge in [-0.1, -0.05) is 39.0 Å². The first-order valence-electron chi connectivity index (χ1n) is 5.91. The van der Waals surface area contributed by atoms with Crippen molar-refractivity contribution in [1.82, 2.24) is 0 Å². The predicted octanol–water partition coefficient (Wildman–Crippen LogP) is 2.91. The minimum Gasteiger partial charge on any atom is -0.466 e. The van der Waals surface area contributed by atoms with Gasteiger partial charge in [-0.05, 0) is 13.3 Å². The zero-order valence-corrected chi connectivity index (χ0v) is 10.4. The number of hydrogen-bond donors (Lipinski definition) is 1. The summed E-state index contributed by atoms with van der Waals surface area (Å²) in [7, 11) is 1.00. The average Bonchev–Trinajstić information content (AvgIpc) is 2.26. The molecule has 0 saturated heterocycles. The van der Waals surface area contributed by atoms with Crippen LogP contribution in [0.5, 0.6) is 0 Å². The van der Waals surface area contributed by atoms with Crippen LogP contribution in [-0.2, 0) is 9.53 Å². The van der Waals surface area contributed by atoms with Gasteiger partial charge in [0.2, 0.25) is 0 Å². The van der Waals surface area contributed by atoms with Crippen molar-refractivity contribution in [2.45, 2.75) is 58.8 Å². The van der Waals surface area contributed by atoms with E-state index in [2.05, 4.69) is 6.92 Å². The molecule has 0 heterocycles. The van der Waals surface area contributed by atoms with Gasteiger partial charge in [0, 0.05) is 13.5 Å². The standard InChI is InChI=1S/C11H22O2.CH4O/c1-3-5-6-7-8-9-10-11(12)13-4-2;1-2/h3-10H2,1-2H3;2H,1H3. The molecule has 0 atom stereocenters. The first-order chi connectivity index (χ1) is 7.31. The lowest BCUT2D eigenvalue weighted by Crippen LogP contribution is -2.03. The van der Waals surface area contributed by atoms with Crippen LogP contribution in [-0.4, -0.2) is 24.8 Å². The summed E-state index contributed by atoms with van der Waals surface area (Å²) in [5.41, 5.74) is 0. The average molecular weight is 218 g/mol. The van der Waals surface area contributed by atoms with Gasteiger partial charge in [0.25, 0.3) is 0 Å². The minimum absolute atomic E-state index is 0.0435. The summed E-state index contributed by atoms with van der Waals surface area (Å²) >= 11 is 0. The lowest BCUT2D eigenvalue weighted by molar-refractivity contribution is -0.143. The SMILES string of the molecule is CCCCCCCCC(=O)OCC.CO. The molecular formula is C12H26O3. The molecule has 0 rings (SSSR count). The van der Waals surface area contributed by atoms with Crippen molar-refractivity contribution in [3.8, 4) is 0 Å². The molecular weight excluding hydrogens is 192 g/mol. The molecule has 0 amide bonds. The van der Waals surface area contributed by atoms with E-state index >= 15 is 0 Å². The van der Waals surface area contributed by atoms with Crippen LogP contribution in [0.15, 0.2) is 0 Å². The first-order valence-corrected chi connectivity index (χ1v) is 5.91. The molecule has 0 spiro atoms. The fraction of sp³-hybridized carbons (Fsp3) is 0.917. The normalized spacial score (nSPS) is 9.07. The molecule has 0 aliphatic rings. The largest absolute Gasteiger partial charge is 0.466 e. The zero-order chi connectivity index (χ0) is 11.9. The van der Waals surface area contributed by atoms with Crippen LogP contribution < -0.4 is 0 Å². The lowest BCUT2D eigenvalue weighted by Gasteiger charge is -2.01. The van der Waals surface area contributed by atoms with Gasteiger partial charge in [-0.25, -0.2) is 0 Å². The van der Waals surface area contributed by atoms with E-state index in [-0.39, 0.29) is 5.97 Å². The Morgan fingerprint density at radius 3 is 2.07 bits per heavy atom. The number of carbonyl (C=O) groups excluding carboxylic acids is 1. The summed E-state index contributed by atoms with van der Waals surface area (Å²) in [6, 6.07) is 0. The molecule has 1 N–H and O–H groups in total. The third-order valence-corrected chi connectivity index (χ3v) is 2.04. The van der Waals surface area contributed by atoms with E-state index in [0.717, 1.165) is 13.5 Å². The third kappa shape index (κ3) is 16.1. The van der Waals surface area contributed by atoms with E-state index in [0.29, 0.717) is 13.0 Å². The topological polar surface area (TPSA) is 46.5 Å². The Balaban J connectivity index is 0.